The SMILES string of the molecule is O=C1C2Sc3[nH]c(=O)sc3[C@H](c3ccccc3)C2C(=O)N1c1ccccc1C(F)(F)F. The Labute approximate surface area is 181 Å². The molecule has 5 nitrogen and oxygen atoms in total. The Bertz CT molecular complexity index is 1250. The molecule has 0 radical (unpaired) electrons. The summed E-state index contributed by atoms with van der Waals surface area (Å²) in [5.74, 6) is -2.93. The smallest absolute Gasteiger partial charge is 0.307 e. The first kappa shape index (κ1) is 20.1. The molecule has 1 N–H and O–H groups in total. The number of thioether (sulfide) groups is 1. The molecule has 3 aromatic rings. The van der Waals surface area contributed by atoms with Crippen LogP contribution in [0.1, 0.15) is 21.9 Å². The van der Waals surface area contributed by atoms with Crippen LogP contribution in [-0.2, 0) is 15.8 Å². The summed E-state index contributed by atoms with van der Waals surface area (Å²) < 4.78 is 40.8. The van der Waals surface area contributed by atoms with Gasteiger partial charge in [-0.2, -0.15) is 13.2 Å². The Morgan fingerprint density at radius 1 is 0.903 bits per heavy atom. The molecular weight excluding hydrogens is 449 g/mol. The highest BCUT2D eigenvalue weighted by Gasteiger charge is 2.57. The van der Waals surface area contributed by atoms with E-state index < -0.39 is 46.3 Å². The van der Waals surface area contributed by atoms with Gasteiger partial charge in [-0.3, -0.25) is 14.4 Å². The Balaban J connectivity index is 1.67. The first-order valence-corrected chi connectivity index (χ1v) is 11.0. The lowest BCUT2D eigenvalue weighted by atomic mass is 9.83. The molecule has 10 heteroatoms. The third-order valence-electron chi connectivity index (χ3n) is 5.43. The lowest BCUT2D eigenvalue weighted by Gasteiger charge is -2.29. The number of anilines is 1. The number of thiazole rings is 1. The minimum atomic E-state index is -4.72. The fraction of sp³-hybridized carbons (Fsp3) is 0.190. The number of carbonyl (C=O) groups is 2. The molecule has 2 aliphatic heterocycles. The van der Waals surface area contributed by atoms with Crippen molar-refractivity contribution >= 4 is 40.6 Å². The van der Waals surface area contributed by atoms with Crippen molar-refractivity contribution in [2.75, 3.05) is 4.90 Å². The normalized spacial score (nSPS) is 23.1. The lowest BCUT2D eigenvalue weighted by molar-refractivity contribution is -0.137. The Hall–Kier alpha value is -2.85. The number of H-pyrrole nitrogens is 1. The molecule has 2 aromatic carbocycles. The van der Waals surface area contributed by atoms with Gasteiger partial charge in [0.05, 0.1) is 22.2 Å². The summed E-state index contributed by atoms with van der Waals surface area (Å²) in [6.45, 7) is 0. The topological polar surface area (TPSA) is 70.2 Å². The van der Waals surface area contributed by atoms with Crippen LogP contribution < -0.4 is 9.77 Å². The molecule has 1 saturated heterocycles. The van der Waals surface area contributed by atoms with Crippen molar-refractivity contribution in [2.24, 2.45) is 5.92 Å². The number of amides is 2. The summed E-state index contributed by atoms with van der Waals surface area (Å²) in [6.07, 6.45) is -4.72. The van der Waals surface area contributed by atoms with E-state index in [-0.39, 0.29) is 4.87 Å². The molecular formula is C21H13F3N2O3S2. The van der Waals surface area contributed by atoms with Gasteiger partial charge >= 0.3 is 11.0 Å². The third kappa shape index (κ3) is 3.12. The summed E-state index contributed by atoms with van der Waals surface area (Å²) in [6, 6.07) is 13.5. The second kappa shape index (κ2) is 7.10. The van der Waals surface area contributed by atoms with Gasteiger partial charge in [0.1, 0.15) is 5.25 Å². The zero-order valence-electron chi connectivity index (χ0n) is 15.6. The van der Waals surface area contributed by atoms with Crippen LogP contribution in [-0.4, -0.2) is 22.0 Å². The molecule has 2 amide bonds. The zero-order chi connectivity index (χ0) is 21.9. The highest BCUT2D eigenvalue weighted by atomic mass is 32.2. The van der Waals surface area contributed by atoms with Crippen LogP contribution in [0.5, 0.6) is 0 Å². The van der Waals surface area contributed by atoms with Crippen LogP contribution in [0, 0.1) is 5.92 Å². The van der Waals surface area contributed by atoms with Gasteiger partial charge in [0, 0.05) is 10.8 Å². The maximum absolute atomic E-state index is 13.6. The molecule has 5 rings (SSSR count). The number of imide groups is 1. The van der Waals surface area contributed by atoms with Crippen LogP contribution in [0.4, 0.5) is 18.9 Å². The van der Waals surface area contributed by atoms with E-state index in [1.165, 1.54) is 12.1 Å². The first-order chi connectivity index (χ1) is 14.8. The number of hydrogen-bond donors (Lipinski definition) is 1. The number of benzene rings is 2. The van der Waals surface area contributed by atoms with E-state index in [1.54, 1.807) is 30.3 Å². The average molecular weight is 462 g/mol. The quantitative estimate of drug-likeness (QED) is 0.578. The van der Waals surface area contributed by atoms with Crippen LogP contribution in [0.3, 0.4) is 0 Å². The predicted octanol–water partition coefficient (Wildman–Crippen LogP) is 4.25. The van der Waals surface area contributed by atoms with E-state index in [9.17, 15) is 27.6 Å². The number of alkyl halides is 3. The lowest BCUT2D eigenvalue weighted by Crippen LogP contribution is -2.33. The number of carbonyl (C=O) groups excluding carboxylic acids is 2. The van der Waals surface area contributed by atoms with E-state index in [2.05, 4.69) is 4.98 Å². The molecule has 2 unspecified atom stereocenters. The Morgan fingerprint density at radius 2 is 1.58 bits per heavy atom. The molecule has 3 atom stereocenters. The fourth-order valence-corrected chi connectivity index (χ4v) is 6.70. The van der Waals surface area contributed by atoms with Crippen molar-refractivity contribution < 1.29 is 22.8 Å². The molecule has 0 saturated carbocycles. The Kier molecular flexibility index (Phi) is 4.60. The average Bonchev–Trinajstić information content (AvgIpc) is 3.23. The summed E-state index contributed by atoms with van der Waals surface area (Å²) >= 11 is 1.99. The summed E-state index contributed by atoms with van der Waals surface area (Å²) in [4.78, 5) is 42.4. The van der Waals surface area contributed by atoms with Crippen LogP contribution in [0.25, 0.3) is 0 Å². The zero-order valence-corrected chi connectivity index (χ0v) is 17.2. The molecule has 1 fully saturated rings. The van der Waals surface area contributed by atoms with Gasteiger partial charge in [0.15, 0.2) is 0 Å². The van der Waals surface area contributed by atoms with Crippen LogP contribution >= 0.6 is 23.1 Å². The molecule has 3 heterocycles. The second-order valence-corrected chi connectivity index (χ2v) is 9.35. The van der Waals surface area contributed by atoms with Gasteiger partial charge in [0.25, 0.3) is 0 Å². The highest BCUT2D eigenvalue weighted by molar-refractivity contribution is 8.00. The number of aromatic amines is 1. The molecule has 0 spiro atoms. The number of hydrogen-bond acceptors (Lipinski definition) is 5. The molecule has 0 aliphatic carbocycles. The number of aromatic nitrogens is 1. The Morgan fingerprint density at radius 3 is 2.29 bits per heavy atom. The van der Waals surface area contributed by atoms with Crippen molar-refractivity contribution in [3.8, 4) is 0 Å². The number of nitrogens with zero attached hydrogens (tertiary/aromatic N) is 1. The molecule has 2 aliphatic rings. The van der Waals surface area contributed by atoms with Crippen molar-refractivity contribution in [1.82, 2.24) is 4.98 Å². The standard InChI is InChI=1S/C21H13F3N2O3S2/c22-21(23,24)11-8-4-5-9-12(11)26-18(27)14-13(10-6-2-1-3-7-10)15-17(25-20(29)31-15)30-16(14)19(26)28/h1-9,13-14,16H,(H,25,29)/t13-,14?,16?/m1/s1. The van der Waals surface area contributed by atoms with E-state index >= 15 is 0 Å². The molecule has 1 aromatic heterocycles. The van der Waals surface area contributed by atoms with Crippen molar-refractivity contribution in [2.45, 2.75) is 22.4 Å². The number of para-hydroxylation sites is 1. The first-order valence-electron chi connectivity index (χ1n) is 9.26. The van der Waals surface area contributed by atoms with E-state index in [1.807, 2.05) is 0 Å². The third-order valence-corrected chi connectivity index (χ3v) is 7.83. The van der Waals surface area contributed by atoms with E-state index in [4.69, 9.17) is 0 Å². The number of halogens is 3. The van der Waals surface area contributed by atoms with Gasteiger partial charge in [-0.25, -0.2) is 4.90 Å². The van der Waals surface area contributed by atoms with E-state index in [0.29, 0.717) is 14.8 Å². The number of nitrogens with one attached hydrogen (secondary N) is 1. The largest absolute Gasteiger partial charge is 0.418 e. The monoisotopic (exact) mass is 462 g/mol. The van der Waals surface area contributed by atoms with Crippen molar-refractivity contribution in [1.29, 1.82) is 0 Å². The summed E-state index contributed by atoms with van der Waals surface area (Å²) in [5.41, 5.74) is -0.787. The maximum Gasteiger partial charge on any atom is 0.418 e. The predicted molar refractivity (Wildman–Crippen MR) is 110 cm³/mol. The van der Waals surface area contributed by atoms with E-state index in [0.717, 1.165) is 40.8 Å². The molecule has 0 bridgehead atoms. The number of rotatable bonds is 2. The van der Waals surface area contributed by atoms with Gasteiger partial charge in [-0.15, -0.1) is 0 Å². The van der Waals surface area contributed by atoms with Gasteiger partial charge in [-0.1, -0.05) is 65.6 Å². The van der Waals surface area contributed by atoms with Crippen LogP contribution in [0.15, 0.2) is 64.4 Å². The highest BCUT2D eigenvalue weighted by Crippen LogP contribution is 2.53. The summed E-state index contributed by atoms with van der Waals surface area (Å²) in [7, 11) is 0. The summed E-state index contributed by atoms with van der Waals surface area (Å²) in [5, 5.41) is -0.450. The van der Waals surface area contributed by atoms with Gasteiger partial charge in [0.2, 0.25) is 11.8 Å². The minimum absolute atomic E-state index is 0.308. The maximum atomic E-state index is 13.6. The number of fused-ring (bicyclic) bond motifs is 2. The van der Waals surface area contributed by atoms with Crippen LogP contribution in [0.2, 0.25) is 0 Å². The molecule has 158 valence electrons. The van der Waals surface area contributed by atoms with Gasteiger partial charge < -0.3 is 4.98 Å². The molecule has 31 heavy (non-hydrogen) atoms. The van der Waals surface area contributed by atoms with Crippen molar-refractivity contribution in [3.05, 3.63) is 80.3 Å². The van der Waals surface area contributed by atoms with Gasteiger partial charge in [-0.05, 0) is 17.7 Å². The minimum Gasteiger partial charge on any atom is -0.307 e. The fourth-order valence-electron chi connectivity index (χ4n) is 4.18. The second-order valence-electron chi connectivity index (χ2n) is 7.19. The van der Waals surface area contributed by atoms with Crippen molar-refractivity contribution in [3.63, 3.8) is 0 Å².